The van der Waals surface area contributed by atoms with Crippen molar-refractivity contribution in [3.63, 3.8) is 0 Å². The molecule has 1 saturated carbocycles. The van der Waals surface area contributed by atoms with Crippen LogP contribution in [0.15, 0.2) is 29.3 Å². The number of hydrogen-bond acceptors (Lipinski definition) is 4. The average Bonchev–Trinajstić information content (AvgIpc) is 3.13. The van der Waals surface area contributed by atoms with E-state index in [4.69, 9.17) is 4.74 Å². The van der Waals surface area contributed by atoms with Gasteiger partial charge in [-0.3, -0.25) is 4.79 Å². The van der Waals surface area contributed by atoms with E-state index in [1.165, 1.54) is 6.42 Å². The molecule has 0 saturated heterocycles. The predicted molar refractivity (Wildman–Crippen MR) is 127 cm³/mol. The first kappa shape index (κ1) is 23.1. The Bertz CT molecular complexity index is 686. The predicted octanol–water partition coefficient (Wildman–Crippen LogP) is 3.04. The van der Waals surface area contributed by atoms with Gasteiger partial charge in [0.1, 0.15) is 12.3 Å². The van der Waals surface area contributed by atoms with Crippen LogP contribution >= 0.6 is 35.7 Å². The summed E-state index contributed by atoms with van der Waals surface area (Å²) in [4.78, 5) is 18.2. The van der Waals surface area contributed by atoms with Crippen LogP contribution in [0.4, 0.5) is 0 Å². The number of fused-ring (bicyclic) bond motifs is 1. The number of aliphatic imine (C=N–C) groups is 1. The molecule has 3 atom stereocenters. The van der Waals surface area contributed by atoms with Gasteiger partial charge in [-0.25, -0.2) is 4.99 Å². The molecule has 1 amide bonds. The van der Waals surface area contributed by atoms with Crippen molar-refractivity contribution in [2.24, 2.45) is 4.99 Å². The van der Waals surface area contributed by atoms with Crippen molar-refractivity contribution in [1.82, 2.24) is 15.5 Å². The third-order valence-electron chi connectivity index (χ3n) is 5.20. The molecule has 2 N–H and O–H groups in total. The van der Waals surface area contributed by atoms with E-state index in [1.807, 2.05) is 30.0 Å². The lowest BCUT2D eigenvalue weighted by Gasteiger charge is -2.29. The lowest BCUT2D eigenvalue weighted by molar-refractivity contribution is -0.127. The number of carbonyl (C=O) groups excluding carboxylic acids is 1. The van der Waals surface area contributed by atoms with Crippen molar-refractivity contribution in [3.8, 4) is 5.75 Å². The number of benzene rings is 1. The minimum absolute atomic E-state index is 0. The van der Waals surface area contributed by atoms with Gasteiger partial charge >= 0.3 is 0 Å². The zero-order chi connectivity index (χ0) is 19.2. The monoisotopic (exact) mass is 518 g/mol. The highest BCUT2D eigenvalue weighted by Gasteiger charge is 2.27. The number of amides is 1. The zero-order valence-electron chi connectivity index (χ0n) is 16.8. The Kier molecular flexibility index (Phi) is 9.20. The summed E-state index contributed by atoms with van der Waals surface area (Å²) in [7, 11) is 3.51. The number of para-hydroxylation sites is 1. The van der Waals surface area contributed by atoms with Gasteiger partial charge in [0.05, 0.1) is 12.6 Å². The van der Waals surface area contributed by atoms with E-state index in [9.17, 15) is 4.79 Å². The molecule has 1 aliphatic heterocycles. The Labute approximate surface area is 189 Å². The topological polar surface area (TPSA) is 66.0 Å². The van der Waals surface area contributed by atoms with Gasteiger partial charge in [-0.05, 0) is 31.6 Å². The van der Waals surface area contributed by atoms with Crippen LogP contribution in [0.25, 0.3) is 0 Å². The first-order chi connectivity index (χ1) is 13.1. The maximum Gasteiger partial charge on any atom is 0.243 e. The van der Waals surface area contributed by atoms with Crippen LogP contribution in [0.3, 0.4) is 0 Å². The smallest absolute Gasteiger partial charge is 0.243 e. The second kappa shape index (κ2) is 11.1. The summed E-state index contributed by atoms with van der Waals surface area (Å²) in [6, 6.07) is 8.65. The Hall–Kier alpha value is -1.16. The van der Waals surface area contributed by atoms with Crippen LogP contribution in [0.5, 0.6) is 5.75 Å². The molecule has 0 bridgehead atoms. The van der Waals surface area contributed by atoms with E-state index in [-0.39, 0.29) is 42.5 Å². The highest BCUT2D eigenvalue weighted by atomic mass is 127. The summed E-state index contributed by atoms with van der Waals surface area (Å²) in [5.74, 6) is 1.64. The molecule has 1 fully saturated rings. The number of hydrogen-bond donors (Lipinski definition) is 2. The fraction of sp³-hybridized carbons (Fsp3) is 0.600. The molecule has 1 heterocycles. The number of halogens is 1. The van der Waals surface area contributed by atoms with E-state index in [2.05, 4.69) is 27.9 Å². The quantitative estimate of drug-likeness (QED) is 0.357. The van der Waals surface area contributed by atoms with E-state index in [1.54, 1.807) is 19.0 Å². The first-order valence-electron chi connectivity index (χ1n) is 9.59. The molecule has 6 nitrogen and oxygen atoms in total. The molecular formula is C20H31IN4O2S. The summed E-state index contributed by atoms with van der Waals surface area (Å²) in [6.07, 6.45) is 6.54. The standard InChI is InChI=1S/C20H30N4O2S.HI/c1-24(2)19(25)13-21-20(22-14-8-9-15(12-14)27-3)23-17-10-11-26-18-7-5-4-6-16(17)18;/h4-7,14-15,17H,8-13H2,1-3H3,(H2,21,22,23);1H. The molecule has 0 aromatic heterocycles. The third-order valence-corrected chi connectivity index (χ3v) is 6.29. The molecule has 2 aliphatic rings. The second-order valence-corrected chi connectivity index (χ2v) is 8.47. The maximum absolute atomic E-state index is 12.0. The molecule has 3 unspecified atom stereocenters. The van der Waals surface area contributed by atoms with E-state index < -0.39 is 0 Å². The Balaban J connectivity index is 0.00000280. The van der Waals surface area contributed by atoms with Gasteiger partial charge in [-0.15, -0.1) is 24.0 Å². The van der Waals surface area contributed by atoms with Crippen molar-refractivity contribution in [3.05, 3.63) is 29.8 Å². The van der Waals surface area contributed by atoms with Gasteiger partial charge in [0.15, 0.2) is 5.96 Å². The molecule has 1 aliphatic carbocycles. The molecule has 156 valence electrons. The van der Waals surface area contributed by atoms with E-state index >= 15 is 0 Å². The molecule has 3 rings (SSSR count). The number of thioether (sulfide) groups is 1. The lowest BCUT2D eigenvalue weighted by atomic mass is 10.0. The summed E-state index contributed by atoms with van der Waals surface area (Å²) in [6.45, 7) is 0.822. The van der Waals surface area contributed by atoms with E-state index in [0.717, 1.165) is 36.5 Å². The first-order valence-corrected chi connectivity index (χ1v) is 10.9. The molecule has 8 heteroatoms. The molecule has 1 aromatic carbocycles. The number of nitrogens with one attached hydrogen (secondary N) is 2. The number of nitrogens with zero attached hydrogens (tertiary/aromatic N) is 2. The zero-order valence-corrected chi connectivity index (χ0v) is 20.0. The third kappa shape index (κ3) is 6.17. The highest BCUT2D eigenvalue weighted by molar-refractivity contribution is 14.0. The van der Waals surface area contributed by atoms with Crippen LogP contribution in [0.1, 0.15) is 37.3 Å². The van der Waals surface area contributed by atoms with Crippen molar-refractivity contribution < 1.29 is 9.53 Å². The largest absolute Gasteiger partial charge is 0.493 e. The van der Waals surface area contributed by atoms with Crippen molar-refractivity contribution in [1.29, 1.82) is 0 Å². The highest BCUT2D eigenvalue weighted by Crippen LogP contribution is 2.32. The number of likely N-dealkylation sites (N-methyl/N-ethyl adjacent to an activating group) is 1. The van der Waals surface area contributed by atoms with Crippen LogP contribution < -0.4 is 15.4 Å². The van der Waals surface area contributed by atoms with Gasteiger partial charge in [0.2, 0.25) is 5.91 Å². The SMILES string of the molecule is CSC1CCC(NC(=NCC(=O)N(C)C)NC2CCOc3ccccc32)C1.I. The van der Waals surface area contributed by atoms with Crippen LogP contribution in [-0.2, 0) is 4.79 Å². The molecular weight excluding hydrogens is 487 g/mol. The van der Waals surface area contributed by atoms with E-state index in [0.29, 0.717) is 17.9 Å². The van der Waals surface area contributed by atoms with Crippen molar-refractivity contribution >= 4 is 47.6 Å². The van der Waals surface area contributed by atoms with Gasteiger partial charge < -0.3 is 20.3 Å². The number of rotatable bonds is 5. The minimum Gasteiger partial charge on any atom is -0.493 e. The Morgan fingerprint density at radius 2 is 2.04 bits per heavy atom. The van der Waals surface area contributed by atoms with Gasteiger partial charge in [0, 0.05) is 37.4 Å². The van der Waals surface area contributed by atoms with Crippen molar-refractivity contribution in [2.45, 2.75) is 43.0 Å². The number of guanidine groups is 1. The summed E-state index contributed by atoms with van der Waals surface area (Å²) >= 11 is 1.93. The molecule has 28 heavy (non-hydrogen) atoms. The number of carbonyl (C=O) groups is 1. The maximum atomic E-state index is 12.0. The summed E-state index contributed by atoms with van der Waals surface area (Å²) < 4.78 is 5.76. The van der Waals surface area contributed by atoms with Crippen molar-refractivity contribution in [2.75, 3.05) is 33.5 Å². The Morgan fingerprint density at radius 3 is 2.75 bits per heavy atom. The molecule has 0 spiro atoms. The average molecular weight is 518 g/mol. The molecule has 1 aromatic rings. The van der Waals surface area contributed by atoms with Crippen LogP contribution in [0.2, 0.25) is 0 Å². The Morgan fingerprint density at radius 1 is 1.25 bits per heavy atom. The number of ether oxygens (including phenoxy) is 1. The summed E-state index contributed by atoms with van der Waals surface area (Å²) in [5, 5.41) is 7.82. The van der Waals surface area contributed by atoms with Crippen LogP contribution in [0, 0.1) is 0 Å². The minimum atomic E-state index is -0.00288. The second-order valence-electron chi connectivity index (χ2n) is 7.34. The fourth-order valence-electron chi connectivity index (χ4n) is 3.56. The van der Waals surface area contributed by atoms with Gasteiger partial charge in [0.25, 0.3) is 0 Å². The lowest BCUT2D eigenvalue weighted by Crippen LogP contribution is -2.45. The van der Waals surface area contributed by atoms with Gasteiger partial charge in [-0.1, -0.05) is 18.2 Å². The van der Waals surface area contributed by atoms with Gasteiger partial charge in [-0.2, -0.15) is 11.8 Å². The van der Waals surface area contributed by atoms with Crippen LogP contribution in [-0.4, -0.2) is 61.6 Å². The fourth-order valence-corrected chi connectivity index (χ4v) is 4.35. The summed E-state index contributed by atoms with van der Waals surface area (Å²) in [5.41, 5.74) is 1.14. The molecule has 0 radical (unpaired) electrons. The normalized spacial score (nSPS) is 23.8.